The highest BCUT2D eigenvalue weighted by molar-refractivity contribution is 6.31. The third kappa shape index (κ3) is 10.8. The molecule has 1 aliphatic heterocycles. The Kier molecular flexibility index (Phi) is 14.3. The van der Waals surface area contributed by atoms with E-state index in [1.165, 1.54) is 13.3 Å². The molecule has 0 aromatic carbocycles. The van der Waals surface area contributed by atoms with E-state index in [1.54, 1.807) is 48.6 Å². The summed E-state index contributed by atoms with van der Waals surface area (Å²) in [7, 11) is 3.02. The first-order chi connectivity index (χ1) is 20.4. The molecule has 1 fully saturated rings. The maximum Gasteiger partial charge on any atom is 0.337 e. The maximum absolute atomic E-state index is 12.7. The minimum Gasteiger partial charge on any atom is -0.465 e. The topological polar surface area (TPSA) is 138 Å². The Balaban J connectivity index is 1.16. The van der Waals surface area contributed by atoms with E-state index in [0.717, 1.165) is 5.56 Å². The highest BCUT2D eigenvalue weighted by Gasteiger charge is 2.42. The fourth-order valence-electron chi connectivity index (χ4n) is 4.29. The van der Waals surface area contributed by atoms with Crippen molar-refractivity contribution >= 4 is 35.5 Å². The van der Waals surface area contributed by atoms with Crippen molar-refractivity contribution in [3.05, 3.63) is 64.7 Å². The molecule has 0 bridgehead atoms. The summed E-state index contributed by atoms with van der Waals surface area (Å²) in [6, 6.07) is 6.49. The lowest BCUT2D eigenvalue weighted by Crippen LogP contribution is -2.36. The second-order valence-corrected chi connectivity index (χ2v) is 9.76. The van der Waals surface area contributed by atoms with Gasteiger partial charge in [-0.15, -0.1) is 0 Å². The van der Waals surface area contributed by atoms with E-state index in [2.05, 4.69) is 15.3 Å². The summed E-state index contributed by atoms with van der Waals surface area (Å²) >= 11 is 6.18. The van der Waals surface area contributed by atoms with Crippen molar-refractivity contribution in [2.24, 2.45) is 5.92 Å². The normalized spacial score (nSPS) is 17.0. The van der Waals surface area contributed by atoms with Gasteiger partial charge in [-0.3, -0.25) is 19.6 Å². The van der Waals surface area contributed by atoms with Gasteiger partial charge in [-0.2, -0.15) is 0 Å². The zero-order valence-electron chi connectivity index (χ0n) is 23.8. The summed E-state index contributed by atoms with van der Waals surface area (Å²) in [6.07, 6.45) is 6.64. The van der Waals surface area contributed by atoms with Gasteiger partial charge < -0.3 is 33.9 Å². The van der Waals surface area contributed by atoms with Crippen molar-refractivity contribution < 1.29 is 38.1 Å². The molecular weight excluding hydrogens is 568 g/mol. The average molecular weight is 605 g/mol. The number of nitrogens with zero attached hydrogens (tertiary/aromatic N) is 3. The third-order valence-corrected chi connectivity index (χ3v) is 6.58. The van der Waals surface area contributed by atoms with E-state index in [9.17, 15) is 14.4 Å². The van der Waals surface area contributed by atoms with Crippen molar-refractivity contribution in [3.8, 4) is 0 Å². The number of hydrogen-bond acceptors (Lipinski definition) is 10. The van der Waals surface area contributed by atoms with Crippen LogP contribution >= 0.6 is 11.6 Å². The molecule has 0 unspecified atom stereocenters. The van der Waals surface area contributed by atoms with Gasteiger partial charge in [0.15, 0.2) is 0 Å². The molecule has 12 nitrogen and oxygen atoms in total. The molecule has 2 aromatic heterocycles. The highest BCUT2D eigenvalue weighted by Crippen LogP contribution is 2.36. The summed E-state index contributed by atoms with van der Waals surface area (Å²) in [6.45, 7) is 3.17. The molecule has 2 aromatic rings. The molecule has 0 aliphatic carbocycles. The quantitative estimate of drug-likeness (QED) is 0.199. The molecule has 3 rings (SSSR count). The number of halogens is 1. The summed E-state index contributed by atoms with van der Waals surface area (Å²) in [5, 5.41) is 3.29. The van der Waals surface area contributed by atoms with Gasteiger partial charge >= 0.3 is 5.97 Å². The number of ether oxygens (including phenoxy) is 5. The van der Waals surface area contributed by atoms with Crippen molar-refractivity contribution in [1.82, 2.24) is 20.2 Å². The Morgan fingerprint density at radius 1 is 1.05 bits per heavy atom. The fourth-order valence-corrected chi connectivity index (χ4v) is 4.48. The molecular formula is C29H37ClN4O8. The van der Waals surface area contributed by atoms with Gasteiger partial charge in [-0.05, 0) is 29.8 Å². The second kappa shape index (κ2) is 18.2. The SMILES string of the molecule is COC(=O)c1ccnc(/C=C(\Cl)COCCOCCOCCOCCNC(=O)[C@H]2CC(=O)N(C)[C@@H]2c2cccnc2)c1. The number of nitrogens with one attached hydrogen (secondary N) is 1. The van der Waals surface area contributed by atoms with Crippen molar-refractivity contribution in [2.75, 3.05) is 73.6 Å². The number of likely N-dealkylation sites (tertiary alicyclic amines) is 1. The molecule has 1 aliphatic rings. The second-order valence-electron chi connectivity index (χ2n) is 9.28. The van der Waals surface area contributed by atoms with E-state index in [-0.39, 0.29) is 30.9 Å². The Bertz CT molecular complexity index is 1180. The molecule has 1 N–H and O–H groups in total. The lowest BCUT2D eigenvalue weighted by Gasteiger charge is -2.24. The fraction of sp³-hybridized carbons (Fsp3) is 0.483. The number of pyridine rings is 2. The minimum absolute atomic E-state index is 0.0650. The van der Waals surface area contributed by atoms with Crippen LogP contribution in [0.25, 0.3) is 6.08 Å². The Labute approximate surface area is 250 Å². The largest absolute Gasteiger partial charge is 0.465 e. The Morgan fingerprint density at radius 2 is 1.74 bits per heavy atom. The van der Waals surface area contributed by atoms with Crippen molar-refractivity contribution in [3.63, 3.8) is 0 Å². The van der Waals surface area contributed by atoms with Crippen LogP contribution in [0.4, 0.5) is 0 Å². The van der Waals surface area contributed by atoms with Gasteiger partial charge in [-0.25, -0.2) is 4.79 Å². The van der Waals surface area contributed by atoms with E-state index >= 15 is 0 Å². The molecule has 3 heterocycles. The zero-order chi connectivity index (χ0) is 30.2. The van der Waals surface area contributed by atoms with Gasteiger partial charge in [0.25, 0.3) is 0 Å². The number of methoxy groups -OCH3 is 1. The predicted molar refractivity (Wildman–Crippen MR) is 154 cm³/mol. The lowest BCUT2D eigenvalue weighted by atomic mass is 9.94. The first kappa shape index (κ1) is 33.1. The van der Waals surface area contributed by atoms with Gasteiger partial charge in [0.1, 0.15) is 0 Å². The molecule has 2 atom stereocenters. The van der Waals surface area contributed by atoms with Gasteiger partial charge in [-0.1, -0.05) is 17.7 Å². The van der Waals surface area contributed by atoms with Crippen LogP contribution in [0.2, 0.25) is 0 Å². The molecule has 0 radical (unpaired) electrons. The summed E-state index contributed by atoms with van der Waals surface area (Å²) in [5.41, 5.74) is 1.75. The number of hydrogen-bond donors (Lipinski definition) is 1. The highest BCUT2D eigenvalue weighted by atomic mass is 35.5. The van der Waals surface area contributed by atoms with Crippen LogP contribution in [0.1, 0.15) is 34.1 Å². The van der Waals surface area contributed by atoms with E-state index in [1.807, 2.05) is 6.07 Å². The molecule has 1 saturated heterocycles. The Hall–Kier alpha value is -3.42. The first-order valence-corrected chi connectivity index (χ1v) is 13.9. The number of aromatic nitrogens is 2. The number of carbonyl (C=O) groups excluding carboxylic acids is 3. The molecule has 0 saturated carbocycles. The van der Waals surface area contributed by atoms with E-state index in [4.69, 9.17) is 35.3 Å². The molecule has 228 valence electrons. The van der Waals surface area contributed by atoms with Crippen LogP contribution in [0.3, 0.4) is 0 Å². The molecule has 42 heavy (non-hydrogen) atoms. The van der Waals surface area contributed by atoms with E-state index in [0.29, 0.717) is 69.1 Å². The standard InChI is InChI=1S/C29H37ClN4O8/c1-34-26(35)18-25(27(34)22-4-3-6-31-19-22)28(36)33-8-9-39-10-11-40-12-13-41-14-15-42-20-23(30)17-24-16-21(5-7-32-24)29(37)38-2/h3-7,16-17,19,25,27H,8-15,18,20H2,1-2H3,(H,33,36)/b23-17-/t25-,27+/m0/s1. The van der Waals surface area contributed by atoms with Gasteiger partial charge in [0.05, 0.1) is 83.2 Å². The van der Waals surface area contributed by atoms with Crippen LogP contribution < -0.4 is 5.32 Å². The number of rotatable bonds is 18. The lowest BCUT2D eigenvalue weighted by molar-refractivity contribution is -0.128. The number of amides is 2. The zero-order valence-corrected chi connectivity index (χ0v) is 24.6. The first-order valence-electron chi connectivity index (χ1n) is 13.6. The summed E-state index contributed by atoms with van der Waals surface area (Å²) in [4.78, 5) is 46.4. The molecule has 0 spiro atoms. The average Bonchev–Trinajstić information content (AvgIpc) is 3.30. The van der Waals surface area contributed by atoms with Crippen LogP contribution in [-0.2, 0) is 33.3 Å². The summed E-state index contributed by atoms with van der Waals surface area (Å²) < 4.78 is 26.6. The van der Waals surface area contributed by atoms with Crippen molar-refractivity contribution in [2.45, 2.75) is 12.5 Å². The van der Waals surface area contributed by atoms with Crippen molar-refractivity contribution in [1.29, 1.82) is 0 Å². The molecule has 2 amide bonds. The summed E-state index contributed by atoms with van der Waals surface area (Å²) in [5.74, 6) is -1.16. The smallest absolute Gasteiger partial charge is 0.337 e. The van der Waals surface area contributed by atoms with Crippen LogP contribution in [-0.4, -0.2) is 106 Å². The number of carbonyl (C=O) groups is 3. The van der Waals surface area contributed by atoms with Gasteiger partial charge in [0.2, 0.25) is 11.8 Å². The Morgan fingerprint density at radius 3 is 2.40 bits per heavy atom. The molecule has 13 heteroatoms. The van der Waals surface area contributed by atoms with Crippen LogP contribution in [0.15, 0.2) is 47.9 Å². The van der Waals surface area contributed by atoms with E-state index < -0.39 is 11.9 Å². The minimum atomic E-state index is -0.469. The van der Waals surface area contributed by atoms with Crippen LogP contribution in [0, 0.1) is 5.92 Å². The third-order valence-electron chi connectivity index (χ3n) is 6.36. The monoisotopic (exact) mass is 604 g/mol. The maximum atomic E-state index is 12.7. The number of esters is 1. The predicted octanol–water partition coefficient (Wildman–Crippen LogP) is 2.25. The van der Waals surface area contributed by atoms with Crippen LogP contribution in [0.5, 0.6) is 0 Å². The van der Waals surface area contributed by atoms with Gasteiger partial charge in [0, 0.05) is 43.6 Å².